The molecule has 1 atom stereocenters. The molecule has 11 nitrogen and oxygen atoms in total. The van der Waals surface area contributed by atoms with Crippen LogP contribution in [0.3, 0.4) is 0 Å². The summed E-state index contributed by atoms with van der Waals surface area (Å²) in [6.45, 7) is 3.33. The fraction of sp³-hybridized carbons (Fsp3) is 0.360. The van der Waals surface area contributed by atoms with Gasteiger partial charge in [-0.05, 0) is 36.2 Å². The average molecular weight is 500 g/mol. The van der Waals surface area contributed by atoms with Crippen LogP contribution in [0.15, 0.2) is 40.9 Å². The van der Waals surface area contributed by atoms with Crippen molar-refractivity contribution in [2.24, 2.45) is 5.92 Å². The number of methoxy groups -OCH3 is 4. The van der Waals surface area contributed by atoms with Gasteiger partial charge in [0.25, 0.3) is 11.8 Å². The van der Waals surface area contributed by atoms with Gasteiger partial charge in [-0.2, -0.15) is 4.98 Å². The lowest BCUT2D eigenvalue weighted by atomic mass is 10.0. The number of carbonyl (C=O) groups excluding carboxylic acids is 2. The van der Waals surface area contributed by atoms with E-state index in [1.165, 1.54) is 21.3 Å². The van der Waals surface area contributed by atoms with Crippen molar-refractivity contribution in [1.29, 1.82) is 0 Å². The largest absolute Gasteiger partial charge is 0.497 e. The lowest BCUT2D eigenvalue weighted by molar-refractivity contribution is -0.149. The van der Waals surface area contributed by atoms with Gasteiger partial charge in [-0.3, -0.25) is 4.79 Å². The minimum atomic E-state index is -0.914. The molecule has 0 fully saturated rings. The molecule has 0 aliphatic carbocycles. The molecule has 0 spiro atoms. The second-order valence-corrected chi connectivity index (χ2v) is 7.99. The van der Waals surface area contributed by atoms with Gasteiger partial charge in [-0.25, -0.2) is 4.79 Å². The molecule has 11 heteroatoms. The first-order valence-corrected chi connectivity index (χ1v) is 11.0. The van der Waals surface area contributed by atoms with Gasteiger partial charge in [-0.1, -0.05) is 19.0 Å². The van der Waals surface area contributed by atoms with Crippen LogP contribution in [0.4, 0.5) is 0 Å². The van der Waals surface area contributed by atoms with E-state index in [9.17, 15) is 9.59 Å². The van der Waals surface area contributed by atoms with Crippen LogP contribution in [0.5, 0.6) is 23.0 Å². The van der Waals surface area contributed by atoms with E-state index in [4.69, 9.17) is 28.2 Å². The Morgan fingerprint density at radius 1 is 0.917 bits per heavy atom. The van der Waals surface area contributed by atoms with Crippen molar-refractivity contribution >= 4 is 11.9 Å². The van der Waals surface area contributed by atoms with E-state index in [0.29, 0.717) is 34.4 Å². The molecular formula is C25H29N3O8. The summed E-state index contributed by atoms with van der Waals surface area (Å²) in [6.07, 6.45) is 0. The third kappa shape index (κ3) is 6.23. The molecule has 192 valence electrons. The molecule has 1 amide bonds. The first-order valence-electron chi connectivity index (χ1n) is 11.0. The summed E-state index contributed by atoms with van der Waals surface area (Å²) in [6, 6.07) is 9.01. The van der Waals surface area contributed by atoms with Crippen molar-refractivity contribution in [3.63, 3.8) is 0 Å². The van der Waals surface area contributed by atoms with Gasteiger partial charge >= 0.3 is 5.97 Å². The number of nitrogens with zero attached hydrogens (tertiary/aromatic N) is 2. The zero-order valence-corrected chi connectivity index (χ0v) is 21.0. The minimum absolute atomic E-state index is 0.0968. The molecule has 1 aromatic heterocycles. The van der Waals surface area contributed by atoms with Crippen LogP contribution in [0.1, 0.15) is 30.1 Å². The van der Waals surface area contributed by atoms with E-state index in [-0.39, 0.29) is 24.0 Å². The molecule has 1 unspecified atom stereocenters. The Morgan fingerprint density at radius 3 is 2.17 bits per heavy atom. The van der Waals surface area contributed by atoms with E-state index >= 15 is 0 Å². The summed E-state index contributed by atoms with van der Waals surface area (Å²) in [5.74, 6) is 0.997. The third-order valence-corrected chi connectivity index (χ3v) is 5.27. The highest BCUT2D eigenvalue weighted by molar-refractivity contribution is 5.97. The molecule has 0 aliphatic heterocycles. The third-order valence-electron chi connectivity index (χ3n) is 5.27. The zero-order valence-electron chi connectivity index (χ0n) is 21.0. The van der Waals surface area contributed by atoms with Crippen LogP contribution in [0.25, 0.3) is 11.4 Å². The monoisotopic (exact) mass is 499 g/mol. The smallest absolute Gasteiger partial charge is 0.329 e. The highest BCUT2D eigenvalue weighted by Gasteiger charge is 2.27. The Balaban J connectivity index is 1.67. The first kappa shape index (κ1) is 26.3. The molecule has 0 radical (unpaired) electrons. The molecule has 2 aromatic carbocycles. The summed E-state index contributed by atoms with van der Waals surface area (Å²) in [7, 11) is 6.04. The van der Waals surface area contributed by atoms with E-state index in [2.05, 4.69) is 15.5 Å². The Morgan fingerprint density at radius 2 is 1.58 bits per heavy atom. The lowest BCUT2D eigenvalue weighted by Crippen LogP contribution is -2.45. The number of nitrogens with one attached hydrogen (secondary N) is 1. The highest BCUT2D eigenvalue weighted by Crippen LogP contribution is 2.31. The second kappa shape index (κ2) is 11.9. The van der Waals surface area contributed by atoms with Crippen LogP contribution in [0.2, 0.25) is 0 Å². The molecule has 1 heterocycles. The molecular weight excluding hydrogens is 470 g/mol. The molecule has 0 bridgehead atoms. The summed E-state index contributed by atoms with van der Waals surface area (Å²) in [4.78, 5) is 29.9. The second-order valence-electron chi connectivity index (χ2n) is 7.99. The van der Waals surface area contributed by atoms with E-state index in [0.717, 1.165) is 0 Å². The Hall–Kier alpha value is -4.28. The predicted octanol–water partition coefficient (Wildman–Crippen LogP) is 3.27. The van der Waals surface area contributed by atoms with Crippen LogP contribution in [-0.4, -0.2) is 56.5 Å². The number of aromatic nitrogens is 2. The van der Waals surface area contributed by atoms with Crippen molar-refractivity contribution in [3.05, 3.63) is 47.9 Å². The summed E-state index contributed by atoms with van der Waals surface area (Å²) < 4.78 is 31.5. The summed E-state index contributed by atoms with van der Waals surface area (Å²) in [5.41, 5.74) is 0.913. The molecule has 3 aromatic rings. The standard InChI is InChI=1S/C25H29N3O8/c1-14(2)22(27-24(29)16-9-17(31-3)12-18(10-16)32-4)25(30)35-13-21-26-23(28-36-21)15-7-8-19(33-5)20(11-15)34-6/h7-12,14,22H,13H2,1-6H3,(H,27,29). The minimum Gasteiger partial charge on any atom is -0.497 e. The Bertz CT molecular complexity index is 1190. The molecule has 0 saturated heterocycles. The normalized spacial score (nSPS) is 11.5. The van der Waals surface area contributed by atoms with Gasteiger partial charge in [-0.15, -0.1) is 0 Å². The summed E-state index contributed by atoms with van der Waals surface area (Å²) in [5, 5.41) is 6.64. The number of amides is 1. The average Bonchev–Trinajstić information content (AvgIpc) is 3.38. The lowest BCUT2D eigenvalue weighted by Gasteiger charge is -2.20. The van der Waals surface area contributed by atoms with E-state index < -0.39 is 17.9 Å². The van der Waals surface area contributed by atoms with Crippen LogP contribution in [-0.2, 0) is 16.1 Å². The zero-order chi connectivity index (χ0) is 26.2. The number of benzene rings is 2. The fourth-order valence-corrected chi connectivity index (χ4v) is 3.29. The fourth-order valence-electron chi connectivity index (χ4n) is 3.29. The van der Waals surface area contributed by atoms with Crippen LogP contribution >= 0.6 is 0 Å². The Kier molecular flexibility index (Phi) is 8.71. The van der Waals surface area contributed by atoms with Crippen LogP contribution < -0.4 is 24.3 Å². The number of hydrogen-bond donors (Lipinski definition) is 1. The van der Waals surface area contributed by atoms with Crippen molar-refractivity contribution in [2.75, 3.05) is 28.4 Å². The number of esters is 1. The Labute approximate surface area is 208 Å². The number of hydrogen-bond acceptors (Lipinski definition) is 10. The molecule has 0 saturated carbocycles. The maximum absolute atomic E-state index is 12.8. The van der Waals surface area contributed by atoms with Gasteiger partial charge < -0.3 is 33.5 Å². The number of carbonyl (C=O) groups is 2. The van der Waals surface area contributed by atoms with Crippen molar-refractivity contribution in [1.82, 2.24) is 15.5 Å². The van der Waals surface area contributed by atoms with Crippen molar-refractivity contribution in [2.45, 2.75) is 26.5 Å². The SMILES string of the molecule is COc1cc(OC)cc(C(=O)NC(C(=O)OCc2nc(-c3ccc(OC)c(OC)c3)no2)C(C)C)c1. The summed E-state index contributed by atoms with van der Waals surface area (Å²) >= 11 is 0. The maximum atomic E-state index is 12.8. The van der Waals surface area contributed by atoms with E-state index in [1.807, 2.05) is 0 Å². The van der Waals surface area contributed by atoms with Crippen LogP contribution in [0, 0.1) is 5.92 Å². The number of ether oxygens (including phenoxy) is 5. The van der Waals surface area contributed by atoms with Gasteiger partial charge in [0.05, 0.1) is 28.4 Å². The topological polar surface area (TPSA) is 131 Å². The van der Waals surface area contributed by atoms with Gasteiger partial charge in [0, 0.05) is 17.2 Å². The van der Waals surface area contributed by atoms with Gasteiger partial charge in [0.1, 0.15) is 17.5 Å². The molecule has 0 aliphatic rings. The number of rotatable bonds is 11. The molecule has 36 heavy (non-hydrogen) atoms. The quantitative estimate of drug-likeness (QED) is 0.392. The first-order chi connectivity index (χ1) is 17.3. The maximum Gasteiger partial charge on any atom is 0.329 e. The van der Waals surface area contributed by atoms with Gasteiger partial charge in [0.15, 0.2) is 18.1 Å². The van der Waals surface area contributed by atoms with Gasteiger partial charge in [0.2, 0.25) is 5.82 Å². The van der Waals surface area contributed by atoms with E-state index in [1.54, 1.807) is 57.4 Å². The highest BCUT2D eigenvalue weighted by atomic mass is 16.6. The van der Waals surface area contributed by atoms with Crippen molar-refractivity contribution in [3.8, 4) is 34.4 Å². The molecule has 1 N–H and O–H groups in total. The van der Waals surface area contributed by atoms with Crippen molar-refractivity contribution < 1.29 is 37.8 Å². The predicted molar refractivity (Wildman–Crippen MR) is 128 cm³/mol. The molecule has 3 rings (SSSR count).